The number of aromatic nitrogens is 1. The second kappa shape index (κ2) is 5.62. The van der Waals surface area contributed by atoms with Crippen molar-refractivity contribution < 1.29 is 13.2 Å². The number of anilines is 1. The molecule has 1 amide bonds. The number of carbonyl (C=O) groups is 1. The number of nitrogens with zero attached hydrogens (tertiary/aromatic N) is 1. The highest BCUT2D eigenvalue weighted by Crippen LogP contribution is 2.31. The predicted octanol–water partition coefficient (Wildman–Crippen LogP) is 2.68. The molecular weight excluding hydrogens is 320 g/mol. The van der Waals surface area contributed by atoms with Gasteiger partial charge in [0.15, 0.2) is 15.0 Å². The standard InChI is InChI=1S/C15H18N2O3S2/c1-9-3-4-10(2)14-13(9)17-15(21-14)16-12(18)7-11-5-6-22(19,20)8-11/h3-4,11H,5-8H2,1-2H3,(H,16,17,18)/t11-/m1/s1. The molecule has 2 heterocycles. The average molecular weight is 338 g/mol. The maximum atomic E-state index is 12.1. The molecular formula is C15H18N2O3S2. The van der Waals surface area contributed by atoms with Crippen molar-refractivity contribution in [1.29, 1.82) is 0 Å². The summed E-state index contributed by atoms with van der Waals surface area (Å²) in [6.07, 6.45) is 0.820. The first-order valence-corrected chi connectivity index (χ1v) is 9.85. The van der Waals surface area contributed by atoms with E-state index in [0.717, 1.165) is 21.3 Å². The molecule has 1 saturated heterocycles. The van der Waals surface area contributed by atoms with Crippen LogP contribution in [0.15, 0.2) is 12.1 Å². The normalized spacial score (nSPS) is 20.4. The summed E-state index contributed by atoms with van der Waals surface area (Å²) in [7, 11) is -2.94. The Bertz CT molecular complexity index is 801. The largest absolute Gasteiger partial charge is 0.302 e. The number of hydrogen-bond donors (Lipinski definition) is 1. The van der Waals surface area contributed by atoms with Gasteiger partial charge in [0, 0.05) is 6.42 Å². The smallest absolute Gasteiger partial charge is 0.226 e. The Kier molecular flexibility index (Phi) is 3.94. The number of fused-ring (bicyclic) bond motifs is 1. The minimum atomic E-state index is -2.94. The molecule has 22 heavy (non-hydrogen) atoms. The minimum absolute atomic E-state index is 0.0668. The molecule has 0 bridgehead atoms. The van der Waals surface area contributed by atoms with E-state index in [1.807, 2.05) is 26.0 Å². The summed E-state index contributed by atoms with van der Waals surface area (Å²) in [5.74, 6) is 0.0995. The summed E-state index contributed by atoms with van der Waals surface area (Å²) in [6.45, 7) is 4.02. The summed E-state index contributed by atoms with van der Waals surface area (Å²) in [6, 6.07) is 4.07. The topological polar surface area (TPSA) is 76.1 Å². The second-order valence-corrected chi connectivity index (χ2v) is 9.15. The molecule has 0 spiro atoms. The molecule has 3 rings (SSSR count). The molecule has 1 aliphatic heterocycles. The van der Waals surface area contributed by atoms with Gasteiger partial charge in [0.2, 0.25) is 5.91 Å². The molecule has 1 atom stereocenters. The van der Waals surface area contributed by atoms with Gasteiger partial charge in [-0.2, -0.15) is 0 Å². The molecule has 5 nitrogen and oxygen atoms in total. The highest BCUT2D eigenvalue weighted by Gasteiger charge is 2.29. The summed E-state index contributed by atoms with van der Waals surface area (Å²) in [4.78, 5) is 16.6. The first-order chi connectivity index (χ1) is 10.3. The van der Waals surface area contributed by atoms with E-state index in [0.29, 0.717) is 11.6 Å². The van der Waals surface area contributed by atoms with Crippen molar-refractivity contribution in [3.63, 3.8) is 0 Å². The Balaban J connectivity index is 1.72. The maximum absolute atomic E-state index is 12.1. The predicted molar refractivity (Wildman–Crippen MR) is 89.1 cm³/mol. The lowest BCUT2D eigenvalue weighted by molar-refractivity contribution is -0.116. The first-order valence-electron chi connectivity index (χ1n) is 7.21. The fourth-order valence-electron chi connectivity index (χ4n) is 2.78. The van der Waals surface area contributed by atoms with Gasteiger partial charge in [-0.1, -0.05) is 23.5 Å². The van der Waals surface area contributed by atoms with Gasteiger partial charge in [-0.05, 0) is 37.3 Å². The zero-order valence-electron chi connectivity index (χ0n) is 12.5. The molecule has 1 fully saturated rings. The van der Waals surface area contributed by atoms with E-state index in [-0.39, 0.29) is 29.8 Å². The highest BCUT2D eigenvalue weighted by molar-refractivity contribution is 7.91. The third-order valence-electron chi connectivity index (χ3n) is 3.99. The molecule has 118 valence electrons. The fourth-order valence-corrected chi connectivity index (χ4v) is 5.67. The van der Waals surface area contributed by atoms with E-state index in [2.05, 4.69) is 10.3 Å². The number of carbonyl (C=O) groups excluding carboxylic acids is 1. The van der Waals surface area contributed by atoms with E-state index < -0.39 is 9.84 Å². The monoisotopic (exact) mass is 338 g/mol. The van der Waals surface area contributed by atoms with Crippen LogP contribution in [0.3, 0.4) is 0 Å². The van der Waals surface area contributed by atoms with Crippen LogP contribution in [0.4, 0.5) is 5.13 Å². The molecule has 0 saturated carbocycles. The zero-order chi connectivity index (χ0) is 15.9. The third kappa shape index (κ3) is 3.15. The number of benzene rings is 1. The van der Waals surface area contributed by atoms with Gasteiger partial charge >= 0.3 is 0 Å². The van der Waals surface area contributed by atoms with Crippen LogP contribution < -0.4 is 5.32 Å². The molecule has 1 aliphatic rings. The Morgan fingerprint density at radius 1 is 1.36 bits per heavy atom. The van der Waals surface area contributed by atoms with Crippen LogP contribution in [0, 0.1) is 19.8 Å². The molecule has 1 aromatic carbocycles. The Morgan fingerprint density at radius 3 is 2.73 bits per heavy atom. The van der Waals surface area contributed by atoms with Crippen LogP contribution in [-0.2, 0) is 14.6 Å². The summed E-state index contributed by atoms with van der Waals surface area (Å²) in [5, 5.41) is 3.40. The van der Waals surface area contributed by atoms with Crippen molar-refractivity contribution in [1.82, 2.24) is 4.98 Å². The van der Waals surface area contributed by atoms with Gasteiger partial charge in [-0.3, -0.25) is 4.79 Å². The molecule has 0 unspecified atom stereocenters. The van der Waals surface area contributed by atoms with Gasteiger partial charge in [-0.25, -0.2) is 13.4 Å². The van der Waals surface area contributed by atoms with E-state index in [1.165, 1.54) is 11.3 Å². The van der Waals surface area contributed by atoms with Gasteiger partial charge in [0.05, 0.1) is 21.7 Å². The quantitative estimate of drug-likeness (QED) is 0.933. The summed E-state index contributed by atoms with van der Waals surface area (Å²) in [5.41, 5.74) is 3.14. The SMILES string of the molecule is Cc1ccc(C)c2sc(NC(=O)C[C@H]3CCS(=O)(=O)C3)nc12. The summed E-state index contributed by atoms with van der Waals surface area (Å²) >= 11 is 1.46. The lowest BCUT2D eigenvalue weighted by Crippen LogP contribution is -2.17. The van der Waals surface area contributed by atoms with Crippen LogP contribution in [0.2, 0.25) is 0 Å². The Morgan fingerprint density at radius 2 is 2.09 bits per heavy atom. The number of hydrogen-bond acceptors (Lipinski definition) is 5. The zero-order valence-corrected chi connectivity index (χ0v) is 14.2. The van der Waals surface area contributed by atoms with Crippen molar-refractivity contribution in [2.75, 3.05) is 16.8 Å². The first kappa shape index (κ1) is 15.4. The van der Waals surface area contributed by atoms with E-state index in [1.54, 1.807) is 0 Å². The van der Waals surface area contributed by atoms with Crippen molar-refractivity contribution in [2.24, 2.45) is 5.92 Å². The number of nitrogens with one attached hydrogen (secondary N) is 1. The van der Waals surface area contributed by atoms with Crippen molar-refractivity contribution in [3.8, 4) is 0 Å². The van der Waals surface area contributed by atoms with Crippen molar-refractivity contribution in [2.45, 2.75) is 26.7 Å². The number of thiazole rings is 1. The van der Waals surface area contributed by atoms with Crippen molar-refractivity contribution in [3.05, 3.63) is 23.3 Å². The highest BCUT2D eigenvalue weighted by atomic mass is 32.2. The number of aryl methyl sites for hydroxylation is 2. The van der Waals surface area contributed by atoms with Gasteiger partial charge in [0.1, 0.15) is 0 Å². The third-order valence-corrected chi connectivity index (χ3v) is 6.93. The maximum Gasteiger partial charge on any atom is 0.226 e. The number of sulfone groups is 1. The molecule has 2 aromatic rings. The number of amides is 1. The fraction of sp³-hybridized carbons (Fsp3) is 0.467. The molecule has 1 aromatic heterocycles. The van der Waals surface area contributed by atoms with Crippen LogP contribution in [0.25, 0.3) is 10.2 Å². The average Bonchev–Trinajstić information content (AvgIpc) is 2.98. The van der Waals surface area contributed by atoms with Gasteiger partial charge in [0.25, 0.3) is 0 Å². The van der Waals surface area contributed by atoms with Gasteiger partial charge in [-0.15, -0.1) is 0 Å². The Hall–Kier alpha value is -1.47. The van der Waals surface area contributed by atoms with Crippen LogP contribution in [-0.4, -0.2) is 30.8 Å². The molecule has 0 aliphatic carbocycles. The Labute approximate surface area is 133 Å². The lowest BCUT2D eigenvalue weighted by Gasteiger charge is -2.06. The second-order valence-electron chi connectivity index (χ2n) is 5.92. The van der Waals surface area contributed by atoms with E-state index in [4.69, 9.17) is 0 Å². The van der Waals surface area contributed by atoms with Crippen molar-refractivity contribution >= 4 is 42.4 Å². The van der Waals surface area contributed by atoms with Crippen LogP contribution in [0.5, 0.6) is 0 Å². The van der Waals surface area contributed by atoms with Crippen LogP contribution in [0.1, 0.15) is 24.0 Å². The van der Waals surface area contributed by atoms with E-state index >= 15 is 0 Å². The molecule has 0 radical (unpaired) electrons. The number of rotatable bonds is 3. The van der Waals surface area contributed by atoms with E-state index in [9.17, 15) is 13.2 Å². The van der Waals surface area contributed by atoms with Crippen LogP contribution >= 0.6 is 11.3 Å². The molecule has 7 heteroatoms. The lowest BCUT2D eigenvalue weighted by atomic mass is 10.1. The summed E-state index contributed by atoms with van der Waals surface area (Å²) < 4.78 is 23.9. The minimum Gasteiger partial charge on any atom is -0.302 e. The molecule has 1 N–H and O–H groups in total. The van der Waals surface area contributed by atoms with Gasteiger partial charge < -0.3 is 5.32 Å².